The molecule has 1 aromatic rings. The SMILES string of the molecule is CN1CCc2cc(B(I)OC(C)(C)C(C)(C)C)ccc2C1. The van der Waals surface area contributed by atoms with Crippen LogP contribution in [-0.4, -0.2) is 28.9 Å². The maximum absolute atomic E-state index is 6.38. The largest absolute Gasteiger partial charge is 0.417 e. The van der Waals surface area contributed by atoms with Crippen molar-refractivity contribution in [1.82, 2.24) is 4.90 Å². The molecule has 2 nitrogen and oxygen atoms in total. The van der Waals surface area contributed by atoms with Crippen molar-refractivity contribution in [2.45, 2.75) is 53.2 Å². The molecule has 0 unspecified atom stereocenters. The molecule has 2 rings (SSSR count). The summed E-state index contributed by atoms with van der Waals surface area (Å²) in [6.45, 7) is 13.3. The Morgan fingerprint density at radius 3 is 2.43 bits per heavy atom. The third-order valence-corrected chi connectivity index (χ3v) is 5.87. The molecule has 0 atom stereocenters. The molecule has 0 spiro atoms. The van der Waals surface area contributed by atoms with Crippen LogP contribution in [0.3, 0.4) is 0 Å². The van der Waals surface area contributed by atoms with E-state index in [0.29, 0.717) is 0 Å². The molecular weight excluding hydrogens is 372 g/mol. The third-order valence-electron chi connectivity index (χ3n) is 4.90. The van der Waals surface area contributed by atoms with E-state index in [4.69, 9.17) is 4.65 Å². The highest BCUT2D eigenvalue weighted by Gasteiger charge is 2.36. The molecule has 4 heteroatoms. The van der Waals surface area contributed by atoms with Crippen molar-refractivity contribution in [3.63, 3.8) is 0 Å². The summed E-state index contributed by atoms with van der Waals surface area (Å²) < 4.78 is 6.48. The van der Waals surface area contributed by atoms with Gasteiger partial charge in [-0.05, 0) is 49.3 Å². The lowest BCUT2D eigenvalue weighted by Crippen LogP contribution is -2.46. The standard InChI is InChI=1S/C17H27BINO/c1-16(2,3)17(4,5)21-18(19)15-8-7-14-12-20(6)10-9-13(14)11-15/h7-8,11H,9-10,12H2,1-6H3. The highest BCUT2D eigenvalue weighted by molar-refractivity contribution is 14.1. The van der Waals surface area contributed by atoms with E-state index in [2.05, 4.69) is 87.1 Å². The lowest BCUT2D eigenvalue weighted by Gasteiger charge is -2.40. The summed E-state index contributed by atoms with van der Waals surface area (Å²) in [7, 11) is 2.19. The third kappa shape index (κ3) is 4.02. The minimum absolute atomic E-state index is 0.0989. The summed E-state index contributed by atoms with van der Waals surface area (Å²) in [6.07, 6.45) is 1.14. The Labute approximate surface area is 143 Å². The van der Waals surface area contributed by atoms with Crippen molar-refractivity contribution < 1.29 is 4.65 Å². The molecule has 1 aliphatic heterocycles. The van der Waals surface area contributed by atoms with Gasteiger partial charge in [-0.3, -0.25) is 0 Å². The first-order valence-corrected chi connectivity index (χ1v) is 8.97. The molecule has 0 fully saturated rings. The number of hydrogen-bond acceptors (Lipinski definition) is 2. The molecule has 0 radical (unpaired) electrons. The summed E-state index contributed by atoms with van der Waals surface area (Å²) in [4.78, 5) is 2.38. The van der Waals surface area contributed by atoms with Gasteiger partial charge in [0.05, 0.1) is 5.60 Å². The van der Waals surface area contributed by atoms with E-state index in [1.165, 1.54) is 16.6 Å². The number of fused-ring (bicyclic) bond motifs is 1. The zero-order valence-corrected chi connectivity index (χ0v) is 16.3. The molecule has 1 aliphatic rings. The van der Waals surface area contributed by atoms with Gasteiger partial charge in [0.25, 0.3) is 0 Å². The van der Waals surface area contributed by atoms with Gasteiger partial charge in [-0.2, -0.15) is 0 Å². The van der Waals surface area contributed by atoms with Gasteiger partial charge in [0.15, 0.2) is 0 Å². The van der Waals surface area contributed by atoms with Crippen LogP contribution >= 0.6 is 22.4 Å². The molecule has 0 bridgehead atoms. The lowest BCUT2D eigenvalue weighted by molar-refractivity contribution is 0.00421. The lowest BCUT2D eigenvalue weighted by atomic mass is 9.76. The summed E-state index contributed by atoms with van der Waals surface area (Å²) in [6, 6.07) is 6.85. The highest BCUT2D eigenvalue weighted by Crippen LogP contribution is 2.34. The van der Waals surface area contributed by atoms with E-state index in [9.17, 15) is 0 Å². The maximum Gasteiger partial charge on any atom is 0.400 e. The van der Waals surface area contributed by atoms with Gasteiger partial charge in [-0.1, -0.05) is 39.0 Å². The van der Waals surface area contributed by atoms with Gasteiger partial charge < -0.3 is 9.55 Å². The normalized spacial score (nSPS) is 16.7. The van der Waals surface area contributed by atoms with E-state index >= 15 is 0 Å². The zero-order valence-electron chi connectivity index (χ0n) is 14.2. The molecular formula is C17H27BINO. The number of halogens is 1. The molecule has 1 heterocycles. The van der Waals surface area contributed by atoms with Crippen molar-refractivity contribution >= 4 is 32.6 Å². The van der Waals surface area contributed by atoms with Crippen LogP contribution in [0.5, 0.6) is 0 Å². The number of likely N-dealkylation sites (N-methyl/N-ethyl adjacent to an activating group) is 1. The topological polar surface area (TPSA) is 12.5 Å². The minimum atomic E-state index is -0.158. The first-order chi connectivity index (χ1) is 9.60. The summed E-state index contributed by atoms with van der Waals surface area (Å²) in [5.41, 5.74) is 4.20. The van der Waals surface area contributed by atoms with Gasteiger partial charge in [0.2, 0.25) is 0 Å². The van der Waals surface area contributed by atoms with Crippen LogP contribution in [0.25, 0.3) is 0 Å². The monoisotopic (exact) mass is 399 g/mol. The number of benzene rings is 1. The molecule has 21 heavy (non-hydrogen) atoms. The van der Waals surface area contributed by atoms with E-state index in [-0.39, 0.29) is 15.8 Å². The van der Waals surface area contributed by atoms with E-state index in [1.54, 1.807) is 0 Å². The van der Waals surface area contributed by atoms with Crippen LogP contribution in [0.1, 0.15) is 45.7 Å². The Balaban J connectivity index is 2.16. The Morgan fingerprint density at radius 2 is 1.81 bits per heavy atom. The van der Waals surface area contributed by atoms with Crippen LogP contribution < -0.4 is 5.46 Å². The molecule has 0 aliphatic carbocycles. The predicted octanol–water partition coefficient (Wildman–Crippen LogP) is 3.65. The van der Waals surface area contributed by atoms with Gasteiger partial charge in [0, 0.05) is 13.1 Å². The van der Waals surface area contributed by atoms with Crippen molar-refractivity contribution in [3.05, 3.63) is 29.3 Å². The van der Waals surface area contributed by atoms with Gasteiger partial charge >= 0.3 is 4.77 Å². The Bertz CT molecular complexity index is 510. The quantitative estimate of drug-likeness (QED) is 0.569. The molecule has 0 N–H and O–H groups in total. The summed E-state index contributed by atoms with van der Waals surface area (Å²) in [5, 5.41) is 0. The van der Waals surface area contributed by atoms with Crippen molar-refractivity contribution in [2.75, 3.05) is 13.6 Å². The van der Waals surface area contributed by atoms with Gasteiger partial charge in [-0.25, -0.2) is 0 Å². The van der Waals surface area contributed by atoms with Crippen molar-refractivity contribution in [1.29, 1.82) is 0 Å². The second-order valence-corrected chi connectivity index (χ2v) is 8.84. The molecule has 0 aromatic heterocycles. The Hall–Kier alpha value is -0.0651. The average molecular weight is 399 g/mol. The first-order valence-electron chi connectivity index (χ1n) is 7.72. The maximum atomic E-state index is 6.38. The summed E-state index contributed by atoms with van der Waals surface area (Å²) in [5.74, 6) is 0. The number of rotatable bonds is 3. The molecule has 116 valence electrons. The van der Waals surface area contributed by atoms with E-state index in [1.807, 2.05) is 0 Å². The van der Waals surface area contributed by atoms with Crippen molar-refractivity contribution in [2.24, 2.45) is 5.41 Å². The Kier molecular flexibility index (Phi) is 5.11. The molecule has 0 saturated carbocycles. The highest BCUT2D eigenvalue weighted by atomic mass is 127. The molecule has 0 amide bonds. The molecule has 0 saturated heterocycles. The second kappa shape index (κ2) is 6.21. The van der Waals surface area contributed by atoms with Gasteiger partial charge in [-0.15, -0.1) is 22.4 Å². The van der Waals surface area contributed by atoms with E-state index in [0.717, 1.165) is 19.5 Å². The van der Waals surface area contributed by atoms with Crippen LogP contribution in [0, 0.1) is 5.41 Å². The average Bonchev–Trinajstić information content (AvgIpc) is 2.36. The summed E-state index contributed by atoms with van der Waals surface area (Å²) >= 11 is 2.42. The fourth-order valence-electron chi connectivity index (χ4n) is 2.36. The fraction of sp³-hybridized carbons (Fsp3) is 0.647. The van der Waals surface area contributed by atoms with Crippen LogP contribution in [0.4, 0.5) is 0 Å². The van der Waals surface area contributed by atoms with Crippen molar-refractivity contribution in [3.8, 4) is 0 Å². The van der Waals surface area contributed by atoms with Crippen LogP contribution in [-0.2, 0) is 17.6 Å². The minimum Gasteiger partial charge on any atom is -0.417 e. The second-order valence-electron chi connectivity index (χ2n) is 7.71. The number of hydrogen-bond donors (Lipinski definition) is 0. The fourth-order valence-corrected chi connectivity index (χ4v) is 3.38. The van der Waals surface area contributed by atoms with E-state index < -0.39 is 0 Å². The zero-order chi connectivity index (χ0) is 15.8. The van der Waals surface area contributed by atoms with Crippen LogP contribution in [0.2, 0.25) is 0 Å². The molecule has 1 aromatic carbocycles. The Morgan fingerprint density at radius 1 is 1.14 bits per heavy atom. The first kappa shape index (κ1) is 17.3. The predicted molar refractivity (Wildman–Crippen MR) is 101 cm³/mol. The number of nitrogens with zero attached hydrogens (tertiary/aromatic N) is 1. The van der Waals surface area contributed by atoms with Crippen LogP contribution in [0.15, 0.2) is 18.2 Å². The smallest absolute Gasteiger partial charge is 0.400 e. The van der Waals surface area contributed by atoms with Gasteiger partial charge in [0.1, 0.15) is 0 Å².